The Morgan fingerprint density at radius 3 is 2.00 bits per heavy atom. The average Bonchev–Trinajstić information content (AvgIpc) is 2.40. The summed E-state index contributed by atoms with van der Waals surface area (Å²) in [7, 11) is 0. The third-order valence-corrected chi connectivity index (χ3v) is 2.38. The molecule has 24 heavy (non-hydrogen) atoms. The number of rotatable bonds is 9. The fourth-order valence-corrected chi connectivity index (χ4v) is 1.24. The lowest BCUT2D eigenvalue weighted by molar-refractivity contribution is -0.356. The van der Waals surface area contributed by atoms with Gasteiger partial charge in [0.25, 0.3) is 0 Å². The Kier molecular flexibility index (Phi) is 7.74. The topological polar surface area (TPSA) is 61.8 Å². The molecule has 11 heteroatoms. The molecule has 0 aliphatic rings. The highest BCUT2D eigenvalue weighted by Gasteiger charge is 2.68. The number of hydrogen-bond donors (Lipinski definition) is 0. The highest BCUT2D eigenvalue weighted by Crippen LogP contribution is 2.37. The first-order valence-corrected chi connectivity index (χ1v) is 6.60. The molecule has 0 radical (unpaired) electrons. The second-order valence-electron chi connectivity index (χ2n) is 4.71. The lowest BCUT2D eigenvalue weighted by Crippen LogP contribution is -2.58. The van der Waals surface area contributed by atoms with Gasteiger partial charge in [-0.1, -0.05) is 13.5 Å². The average molecular weight is 366 g/mol. The van der Waals surface area contributed by atoms with Crippen LogP contribution in [0.4, 0.5) is 26.3 Å². The first-order chi connectivity index (χ1) is 10.8. The number of carbonyl (C=O) groups is 2. The molecule has 0 N–H and O–H groups in total. The van der Waals surface area contributed by atoms with Crippen LogP contribution in [0.15, 0.2) is 12.4 Å². The van der Waals surface area contributed by atoms with E-state index in [1.165, 1.54) is 6.92 Å². The van der Waals surface area contributed by atoms with Crippen LogP contribution in [0, 0.1) is 0 Å². The van der Waals surface area contributed by atoms with Crippen molar-refractivity contribution in [2.45, 2.75) is 44.6 Å². The van der Waals surface area contributed by atoms with Crippen molar-refractivity contribution in [2.75, 3.05) is 13.2 Å². The smallest absolute Gasteiger partial charge is 0.461 e. The fraction of sp³-hybridized carbons (Fsp3) is 0.692. The summed E-state index contributed by atoms with van der Waals surface area (Å²) in [6.45, 7) is 2.46. The lowest BCUT2D eigenvalue weighted by atomic mass is 10.2. The summed E-state index contributed by atoms with van der Waals surface area (Å²) < 4.78 is 90.0. The van der Waals surface area contributed by atoms with Gasteiger partial charge >= 0.3 is 23.9 Å². The van der Waals surface area contributed by atoms with Crippen molar-refractivity contribution in [3.63, 3.8) is 0 Å². The Hall–Kier alpha value is -1.78. The molecule has 0 saturated carbocycles. The Bertz CT molecular complexity index is 470. The van der Waals surface area contributed by atoms with Crippen molar-refractivity contribution in [3.05, 3.63) is 12.4 Å². The standard InChI is InChI=1S/C13H16F6O5/c1-4-6-22-10(21)12(13(17,18)19,24-9(20)8(2)14)23-7-5-11(3,15)16/h2,4-7H2,1,3H3. The van der Waals surface area contributed by atoms with Gasteiger partial charge in [-0.2, -0.15) is 17.6 Å². The van der Waals surface area contributed by atoms with E-state index in [2.05, 4.69) is 20.8 Å². The molecule has 0 aromatic carbocycles. The number of halogens is 6. The summed E-state index contributed by atoms with van der Waals surface area (Å²) in [5.41, 5.74) is 0. The molecular formula is C13H16F6O5. The molecule has 0 aliphatic heterocycles. The fourth-order valence-electron chi connectivity index (χ4n) is 1.24. The third kappa shape index (κ3) is 6.38. The van der Waals surface area contributed by atoms with Crippen LogP contribution < -0.4 is 0 Å². The number of esters is 2. The highest BCUT2D eigenvalue weighted by atomic mass is 19.4. The van der Waals surface area contributed by atoms with Gasteiger partial charge < -0.3 is 14.2 Å². The molecule has 0 aliphatic carbocycles. The Balaban J connectivity index is 5.63. The first-order valence-electron chi connectivity index (χ1n) is 6.60. The van der Waals surface area contributed by atoms with Gasteiger partial charge in [-0.25, -0.2) is 18.4 Å². The van der Waals surface area contributed by atoms with Gasteiger partial charge in [-0.05, 0) is 13.3 Å². The predicted molar refractivity (Wildman–Crippen MR) is 67.6 cm³/mol. The molecule has 0 aromatic heterocycles. The first kappa shape index (κ1) is 22.2. The van der Waals surface area contributed by atoms with Crippen molar-refractivity contribution < 1.29 is 50.1 Å². The summed E-state index contributed by atoms with van der Waals surface area (Å²) in [4.78, 5) is 22.8. The van der Waals surface area contributed by atoms with Gasteiger partial charge in [0.2, 0.25) is 11.7 Å². The highest BCUT2D eigenvalue weighted by molar-refractivity contribution is 5.89. The zero-order valence-electron chi connectivity index (χ0n) is 12.8. The zero-order valence-corrected chi connectivity index (χ0v) is 12.8. The molecule has 1 atom stereocenters. The van der Waals surface area contributed by atoms with E-state index < -0.39 is 55.3 Å². The van der Waals surface area contributed by atoms with Gasteiger partial charge in [0.15, 0.2) is 0 Å². The van der Waals surface area contributed by atoms with Crippen LogP contribution in [0.5, 0.6) is 0 Å². The molecule has 0 amide bonds. The summed E-state index contributed by atoms with van der Waals surface area (Å²) in [5, 5.41) is 0. The number of alkyl halides is 5. The molecular weight excluding hydrogens is 350 g/mol. The predicted octanol–water partition coefficient (Wildman–Crippen LogP) is 3.29. The second-order valence-corrected chi connectivity index (χ2v) is 4.71. The molecule has 1 unspecified atom stereocenters. The lowest BCUT2D eigenvalue weighted by Gasteiger charge is -2.32. The van der Waals surface area contributed by atoms with Crippen molar-refractivity contribution in [1.82, 2.24) is 0 Å². The number of hydrogen-bond acceptors (Lipinski definition) is 5. The minimum absolute atomic E-state index is 0.108. The van der Waals surface area contributed by atoms with E-state index in [9.17, 15) is 35.9 Å². The Labute approximate surface area is 133 Å². The van der Waals surface area contributed by atoms with Crippen LogP contribution in [-0.2, 0) is 23.8 Å². The molecule has 140 valence electrons. The maximum atomic E-state index is 13.3. The van der Waals surface area contributed by atoms with Crippen molar-refractivity contribution in [3.8, 4) is 0 Å². The summed E-state index contributed by atoms with van der Waals surface area (Å²) in [6, 6.07) is 0. The van der Waals surface area contributed by atoms with Crippen molar-refractivity contribution in [2.24, 2.45) is 0 Å². The van der Waals surface area contributed by atoms with E-state index in [1.807, 2.05) is 0 Å². The largest absolute Gasteiger partial charge is 0.468 e. The van der Waals surface area contributed by atoms with E-state index in [0.717, 1.165) is 0 Å². The van der Waals surface area contributed by atoms with Crippen LogP contribution in [0.3, 0.4) is 0 Å². The summed E-state index contributed by atoms with van der Waals surface area (Å²) >= 11 is 0. The quantitative estimate of drug-likeness (QED) is 0.271. The minimum atomic E-state index is -5.72. The Morgan fingerprint density at radius 1 is 1.08 bits per heavy atom. The molecule has 0 fully saturated rings. The maximum Gasteiger partial charge on any atom is 0.468 e. The van der Waals surface area contributed by atoms with Gasteiger partial charge in [0.05, 0.1) is 13.2 Å². The molecule has 0 rings (SSSR count). The van der Waals surface area contributed by atoms with Gasteiger partial charge in [0.1, 0.15) is 0 Å². The van der Waals surface area contributed by atoms with Crippen LogP contribution in [0.1, 0.15) is 26.7 Å². The van der Waals surface area contributed by atoms with Crippen molar-refractivity contribution in [1.29, 1.82) is 0 Å². The van der Waals surface area contributed by atoms with Crippen LogP contribution in [-0.4, -0.2) is 43.0 Å². The zero-order chi connectivity index (χ0) is 19.2. The van der Waals surface area contributed by atoms with Crippen LogP contribution in [0.2, 0.25) is 0 Å². The van der Waals surface area contributed by atoms with Crippen LogP contribution in [0.25, 0.3) is 0 Å². The monoisotopic (exact) mass is 366 g/mol. The van der Waals surface area contributed by atoms with Gasteiger partial charge in [-0.15, -0.1) is 0 Å². The molecule has 0 bridgehead atoms. The summed E-state index contributed by atoms with van der Waals surface area (Å²) in [5.74, 6) is -14.2. The van der Waals surface area contributed by atoms with Crippen molar-refractivity contribution >= 4 is 11.9 Å². The Morgan fingerprint density at radius 2 is 1.62 bits per heavy atom. The molecule has 0 heterocycles. The molecule has 0 spiro atoms. The molecule has 0 aromatic rings. The van der Waals surface area contributed by atoms with Gasteiger partial charge in [0, 0.05) is 6.42 Å². The van der Waals surface area contributed by atoms with E-state index >= 15 is 0 Å². The second kappa shape index (κ2) is 8.36. The van der Waals surface area contributed by atoms with E-state index in [1.54, 1.807) is 0 Å². The number of ether oxygens (including phenoxy) is 3. The third-order valence-electron chi connectivity index (χ3n) is 2.38. The molecule has 5 nitrogen and oxygen atoms in total. The minimum Gasteiger partial charge on any atom is -0.461 e. The van der Waals surface area contributed by atoms with Crippen LogP contribution >= 0.6 is 0 Å². The van der Waals surface area contributed by atoms with E-state index in [0.29, 0.717) is 6.92 Å². The molecule has 0 saturated heterocycles. The SMILES string of the molecule is C=C(F)C(=O)OC(OCCC(C)(F)F)(C(=O)OCCC)C(F)(F)F. The maximum absolute atomic E-state index is 13.3. The van der Waals surface area contributed by atoms with Gasteiger partial charge in [-0.3, -0.25) is 0 Å². The number of carbonyl (C=O) groups excluding carboxylic acids is 2. The summed E-state index contributed by atoms with van der Waals surface area (Å²) in [6.07, 6.45) is -6.83. The van der Waals surface area contributed by atoms with E-state index in [4.69, 9.17) is 0 Å². The normalized spacial score (nSPS) is 14.7. The van der Waals surface area contributed by atoms with E-state index in [-0.39, 0.29) is 6.42 Å².